The van der Waals surface area contributed by atoms with Crippen LogP contribution in [0.15, 0.2) is 24.3 Å². The minimum atomic E-state index is -0.0362. The maximum absolute atomic E-state index is 13.6. The summed E-state index contributed by atoms with van der Waals surface area (Å²) in [6, 6.07) is 0. The Bertz CT molecular complexity index is 1590. The molecule has 0 aliphatic heterocycles. The number of esters is 3. The fraction of sp³-hybridized carbons (Fsp3) is 0.915. The predicted molar refractivity (Wildman–Crippen MR) is 396 cm³/mol. The fourth-order valence-electron chi connectivity index (χ4n) is 13.4. The molecule has 0 aromatic heterocycles. The standard InChI is InChI=1S/C82H158N2O8/c1-7-12-16-19-29-42-56-74-90-80(87)64-50-36-30-39-53-67-83(70-72-85)66-52-38-28-26-24-22-23-25-27-35-46-61-78(59-15-10-4)77(11-5)60-48-44-49-63-79(62-47-34-21-18-14-9-3)82(89)91-75-57-43-32-41-55-69-84(71-73-86)68-54-40-31-37-51-65-81(88)92-76(6)58-45-33-20-17-13-8-2/h25,27,46,61,76-79,85-86H,7-24,26,28-45,47-60,62-75H2,1-6H3/b27-25-,61-46-. The number of carbonyl (C=O) groups excluding carboxylic acids is 3. The van der Waals surface area contributed by atoms with Crippen molar-refractivity contribution in [3.8, 4) is 0 Å². The van der Waals surface area contributed by atoms with E-state index >= 15 is 0 Å². The average molecular weight is 1300 g/mol. The van der Waals surface area contributed by atoms with Crippen LogP contribution in [0, 0.1) is 17.8 Å². The van der Waals surface area contributed by atoms with Crippen molar-refractivity contribution >= 4 is 17.9 Å². The highest BCUT2D eigenvalue weighted by Gasteiger charge is 2.21. The van der Waals surface area contributed by atoms with Crippen molar-refractivity contribution in [1.82, 2.24) is 9.80 Å². The van der Waals surface area contributed by atoms with Crippen LogP contribution >= 0.6 is 0 Å². The number of aliphatic hydroxyl groups is 2. The molecule has 0 aromatic carbocycles. The molecular weight excluding hydrogens is 1140 g/mol. The van der Waals surface area contributed by atoms with E-state index in [1.807, 2.05) is 6.92 Å². The topological polar surface area (TPSA) is 126 Å². The highest BCUT2D eigenvalue weighted by molar-refractivity contribution is 5.72. The lowest BCUT2D eigenvalue weighted by Crippen LogP contribution is -2.29. The summed E-state index contributed by atoms with van der Waals surface area (Å²) in [6.45, 7) is 20.8. The molecule has 0 aliphatic carbocycles. The molecule has 0 aromatic rings. The van der Waals surface area contributed by atoms with Crippen LogP contribution in [-0.4, -0.2) is 110 Å². The van der Waals surface area contributed by atoms with Gasteiger partial charge in [-0.05, 0) is 154 Å². The molecule has 92 heavy (non-hydrogen) atoms. The third-order valence-corrected chi connectivity index (χ3v) is 19.5. The second-order valence-electron chi connectivity index (χ2n) is 28.2. The molecular formula is C82H158N2O8. The third-order valence-electron chi connectivity index (χ3n) is 19.5. The van der Waals surface area contributed by atoms with Gasteiger partial charge in [0.05, 0.1) is 38.4 Å². The zero-order chi connectivity index (χ0) is 67.1. The highest BCUT2D eigenvalue weighted by Crippen LogP contribution is 2.30. The van der Waals surface area contributed by atoms with Gasteiger partial charge in [0, 0.05) is 25.9 Å². The van der Waals surface area contributed by atoms with Gasteiger partial charge in [-0.1, -0.05) is 290 Å². The molecule has 0 rings (SSSR count). The van der Waals surface area contributed by atoms with Gasteiger partial charge in [0.25, 0.3) is 0 Å². The van der Waals surface area contributed by atoms with E-state index in [1.165, 1.54) is 218 Å². The molecule has 0 heterocycles. The van der Waals surface area contributed by atoms with Crippen molar-refractivity contribution in [1.29, 1.82) is 0 Å². The lowest BCUT2D eigenvalue weighted by Gasteiger charge is -2.24. The second-order valence-corrected chi connectivity index (χ2v) is 28.2. The monoisotopic (exact) mass is 1300 g/mol. The Morgan fingerprint density at radius 1 is 0.370 bits per heavy atom. The lowest BCUT2D eigenvalue weighted by atomic mass is 9.82. The van der Waals surface area contributed by atoms with Gasteiger partial charge in [-0.2, -0.15) is 0 Å². The van der Waals surface area contributed by atoms with Crippen LogP contribution in [0.25, 0.3) is 0 Å². The first-order chi connectivity index (χ1) is 45.2. The minimum absolute atomic E-state index is 0.0229. The molecule has 0 radical (unpaired) electrons. The zero-order valence-corrected chi connectivity index (χ0v) is 62.3. The van der Waals surface area contributed by atoms with Crippen molar-refractivity contribution in [3.05, 3.63) is 24.3 Å². The molecule has 544 valence electrons. The highest BCUT2D eigenvalue weighted by atomic mass is 16.5. The molecule has 10 heteroatoms. The van der Waals surface area contributed by atoms with Gasteiger partial charge in [0.15, 0.2) is 0 Å². The van der Waals surface area contributed by atoms with Gasteiger partial charge in [0.1, 0.15) is 0 Å². The molecule has 0 saturated heterocycles. The summed E-state index contributed by atoms with van der Waals surface area (Å²) in [7, 11) is 0. The van der Waals surface area contributed by atoms with Crippen LogP contribution in [0.3, 0.4) is 0 Å². The van der Waals surface area contributed by atoms with E-state index in [9.17, 15) is 24.6 Å². The van der Waals surface area contributed by atoms with E-state index < -0.39 is 0 Å². The van der Waals surface area contributed by atoms with E-state index in [0.29, 0.717) is 32.0 Å². The van der Waals surface area contributed by atoms with Gasteiger partial charge in [-0.25, -0.2) is 0 Å². The summed E-state index contributed by atoms with van der Waals surface area (Å²) in [5, 5.41) is 19.4. The number of ether oxygens (including phenoxy) is 3. The van der Waals surface area contributed by atoms with Crippen LogP contribution in [0.5, 0.6) is 0 Å². The van der Waals surface area contributed by atoms with Gasteiger partial charge >= 0.3 is 17.9 Å². The van der Waals surface area contributed by atoms with Gasteiger partial charge in [-0.15, -0.1) is 0 Å². The Kier molecular flexibility index (Phi) is 71.2. The summed E-state index contributed by atoms with van der Waals surface area (Å²) >= 11 is 0. The van der Waals surface area contributed by atoms with Crippen molar-refractivity contribution < 1.29 is 38.8 Å². The lowest BCUT2D eigenvalue weighted by molar-refractivity contribution is -0.150. The molecule has 0 bridgehead atoms. The minimum Gasteiger partial charge on any atom is -0.466 e. The van der Waals surface area contributed by atoms with E-state index in [0.717, 1.165) is 167 Å². The largest absolute Gasteiger partial charge is 0.466 e. The molecule has 10 nitrogen and oxygen atoms in total. The van der Waals surface area contributed by atoms with E-state index in [2.05, 4.69) is 68.7 Å². The number of nitrogens with zero attached hydrogens (tertiary/aromatic N) is 2. The molecule has 2 N–H and O–H groups in total. The molecule has 0 aliphatic rings. The van der Waals surface area contributed by atoms with Gasteiger partial charge < -0.3 is 34.2 Å². The first kappa shape index (κ1) is 89.7. The Hall–Kier alpha value is -2.27. The van der Waals surface area contributed by atoms with Crippen LogP contribution in [0.4, 0.5) is 0 Å². The van der Waals surface area contributed by atoms with Crippen molar-refractivity contribution in [2.45, 2.75) is 401 Å². The molecule has 0 fully saturated rings. The SMILES string of the molecule is CCCCCCCCCOC(=O)CCCCCCCN(CCO)CCCCCCCC/C=C\C/C=C\C(CCCC)C(CC)CCCCCC(CCCCCCCC)C(=O)OCCCCCCCN(CCO)CCCCCCCC(=O)OC(C)CCCCCCCC. The number of allylic oxidation sites excluding steroid dienone is 4. The number of aliphatic hydroxyl groups excluding tert-OH is 2. The Morgan fingerprint density at radius 3 is 1.24 bits per heavy atom. The molecule has 0 amide bonds. The quantitative estimate of drug-likeness (QED) is 0.0263. The summed E-state index contributed by atoms with van der Waals surface area (Å²) < 4.78 is 17.1. The molecule has 4 atom stereocenters. The van der Waals surface area contributed by atoms with Crippen molar-refractivity contribution in [2.75, 3.05) is 65.7 Å². The first-order valence-electron chi connectivity index (χ1n) is 40.7. The number of carbonyl (C=O) groups is 3. The van der Waals surface area contributed by atoms with Gasteiger partial charge in [-0.3, -0.25) is 14.4 Å². The molecule has 4 unspecified atom stereocenters. The predicted octanol–water partition coefficient (Wildman–Crippen LogP) is 23.1. The van der Waals surface area contributed by atoms with Crippen molar-refractivity contribution in [2.24, 2.45) is 17.8 Å². The normalized spacial score (nSPS) is 13.3. The first-order valence-corrected chi connectivity index (χ1v) is 40.7. The van der Waals surface area contributed by atoms with Crippen LogP contribution in [0.1, 0.15) is 395 Å². The Labute approximate surface area is 572 Å². The summed E-state index contributed by atoms with van der Waals surface area (Å²) in [6.07, 6.45) is 73.8. The Balaban J connectivity index is 4.47. The van der Waals surface area contributed by atoms with Crippen LogP contribution in [-0.2, 0) is 28.6 Å². The number of rotatable bonds is 75. The zero-order valence-electron chi connectivity index (χ0n) is 62.3. The number of hydrogen-bond acceptors (Lipinski definition) is 10. The van der Waals surface area contributed by atoms with E-state index in [4.69, 9.17) is 14.2 Å². The Morgan fingerprint density at radius 2 is 0.761 bits per heavy atom. The number of hydrogen-bond donors (Lipinski definition) is 2. The summed E-state index contributed by atoms with van der Waals surface area (Å²) in [5.41, 5.74) is 0. The smallest absolute Gasteiger partial charge is 0.308 e. The average Bonchev–Trinajstić information content (AvgIpc) is 2.99. The van der Waals surface area contributed by atoms with Crippen LogP contribution in [0.2, 0.25) is 0 Å². The molecule has 0 saturated carbocycles. The summed E-state index contributed by atoms with van der Waals surface area (Å²) in [4.78, 5) is 42.8. The maximum Gasteiger partial charge on any atom is 0.308 e. The van der Waals surface area contributed by atoms with Crippen LogP contribution < -0.4 is 0 Å². The van der Waals surface area contributed by atoms with Crippen molar-refractivity contribution in [3.63, 3.8) is 0 Å². The number of unbranched alkanes of at least 4 members (excludes halogenated alkanes) is 37. The summed E-state index contributed by atoms with van der Waals surface area (Å²) in [5.74, 6) is 1.41. The third kappa shape index (κ3) is 62.5. The maximum atomic E-state index is 13.6. The van der Waals surface area contributed by atoms with E-state index in [1.54, 1.807) is 0 Å². The second kappa shape index (κ2) is 73.0. The van der Waals surface area contributed by atoms with Gasteiger partial charge in [0.2, 0.25) is 0 Å². The molecule has 0 spiro atoms. The fourth-order valence-corrected chi connectivity index (χ4v) is 13.4. The van der Waals surface area contributed by atoms with E-state index in [-0.39, 0.29) is 43.1 Å².